The Balaban J connectivity index is 1.79. The first-order valence-electron chi connectivity index (χ1n) is 7.44. The number of likely N-dealkylation sites (N-methyl/N-ethyl adjacent to an activating group) is 1. The molecule has 0 saturated heterocycles. The van der Waals surface area contributed by atoms with E-state index in [2.05, 4.69) is 36.5 Å². The predicted octanol–water partition coefficient (Wildman–Crippen LogP) is 3.58. The third kappa shape index (κ3) is 3.22. The van der Waals surface area contributed by atoms with Crippen LogP contribution in [0.3, 0.4) is 0 Å². The molecule has 0 aliphatic carbocycles. The van der Waals surface area contributed by atoms with Gasteiger partial charge in [-0.15, -0.1) is 11.3 Å². The zero-order valence-electron chi connectivity index (χ0n) is 12.5. The lowest BCUT2D eigenvalue weighted by Crippen LogP contribution is -2.20. The van der Waals surface area contributed by atoms with Gasteiger partial charge in [-0.25, -0.2) is 0 Å². The normalized spacial score (nSPS) is 15.0. The first kappa shape index (κ1) is 14.4. The molecule has 1 atom stereocenters. The molecule has 1 aliphatic rings. The second kappa shape index (κ2) is 6.50. The monoisotopic (exact) mass is 303 g/mol. The van der Waals surface area contributed by atoms with Gasteiger partial charge in [0.05, 0.1) is 0 Å². The van der Waals surface area contributed by atoms with Gasteiger partial charge < -0.3 is 14.8 Å². The minimum Gasteiger partial charge on any atom is -0.486 e. The summed E-state index contributed by atoms with van der Waals surface area (Å²) in [6, 6.07) is 11.0. The lowest BCUT2D eigenvalue weighted by Gasteiger charge is -2.22. The van der Waals surface area contributed by atoms with Crippen molar-refractivity contribution in [3.05, 3.63) is 45.6 Å². The molecule has 2 heterocycles. The van der Waals surface area contributed by atoms with Crippen LogP contribution in [0.5, 0.6) is 11.5 Å². The lowest BCUT2D eigenvalue weighted by molar-refractivity contribution is 0.171. The average molecular weight is 303 g/mol. The number of hydrogen-bond donors (Lipinski definition) is 1. The van der Waals surface area contributed by atoms with Crippen LogP contribution >= 0.6 is 11.3 Å². The van der Waals surface area contributed by atoms with E-state index in [0.29, 0.717) is 19.3 Å². The Morgan fingerprint density at radius 3 is 2.57 bits per heavy atom. The maximum atomic E-state index is 5.68. The van der Waals surface area contributed by atoms with Crippen LogP contribution in [0.1, 0.15) is 28.3 Å². The van der Waals surface area contributed by atoms with Crippen LogP contribution < -0.4 is 14.8 Å². The third-order valence-corrected chi connectivity index (χ3v) is 5.04. The van der Waals surface area contributed by atoms with Gasteiger partial charge in [0.1, 0.15) is 13.2 Å². The van der Waals surface area contributed by atoms with Crippen LogP contribution in [0.25, 0.3) is 0 Å². The van der Waals surface area contributed by atoms with Crippen molar-refractivity contribution in [2.24, 2.45) is 0 Å². The summed E-state index contributed by atoms with van der Waals surface area (Å²) in [6.45, 7) is 3.47. The number of benzene rings is 1. The quantitative estimate of drug-likeness (QED) is 0.915. The topological polar surface area (TPSA) is 30.5 Å². The Morgan fingerprint density at radius 1 is 1.10 bits per heavy atom. The third-order valence-electron chi connectivity index (χ3n) is 3.79. The van der Waals surface area contributed by atoms with Gasteiger partial charge >= 0.3 is 0 Å². The molecular formula is C17H21NO2S. The van der Waals surface area contributed by atoms with Crippen molar-refractivity contribution >= 4 is 11.3 Å². The van der Waals surface area contributed by atoms with E-state index in [9.17, 15) is 0 Å². The smallest absolute Gasteiger partial charge is 0.161 e. The van der Waals surface area contributed by atoms with Gasteiger partial charge in [-0.3, -0.25) is 0 Å². The van der Waals surface area contributed by atoms with Crippen molar-refractivity contribution in [2.45, 2.75) is 25.8 Å². The highest BCUT2D eigenvalue weighted by atomic mass is 32.1. The van der Waals surface area contributed by atoms with Gasteiger partial charge in [-0.05, 0) is 43.3 Å². The molecule has 0 amide bonds. The van der Waals surface area contributed by atoms with Gasteiger partial charge in [0, 0.05) is 22.2 Å². The van der Waals surface area contributed by atoms with Gasteiger partial charge in [0.2, 0.25) is 0 Å². The number of rotatable bonds is 5. The zero-order valence-corrected chi connectivity index (χ0v) is 13.3. The standard InChI is InChI=1S/C17H21NO2S/c1-3-13-5-6-14(21-13)11-15(18-2)12-4-7-16-17(10-12)20-9-8-19-16/h4-7,10,15,18H,3,8-9,11H2,1-2H3. The number of nitrogens with one attached hydrogen (secondary N) is 1. The fourth-order valence-electron chi connectivity index (χ4n) is 2.59. The van der Waals surface area contributed by atoms with Gasteiger partial charge in [-0.1, -0.05) is 13.0 Å². The molecule has 4 heteroatoms. The summed E-state index contributed by atoms with van der Waals surface area (Å²) >= 11 is 1.90. The summed E-state index contributed by atoms with van der Waals surface area (Å²) in [7, 11) is 2.01. The molecule has 0 saturated carbocycles. The molecule has 0 bridgehead atoms. The maximum absolute atomic E-state index is 5.68. The molecule has 1 N–H and O–H groups in total. The Hall–Kier alpha value is -1.52. The Morgan fingerprint density at radius 2 is 1.86 bits per heavy atom. The molecular weight excluding hydrogens is 282 g/mol. The van der Waals surface area contributed by atoms with Crippen LogP contribution in [-0.2, 0) is 12.8 Å². The van der Waals surface area contributed by atoms with Crippen molar-refractivity contribution in [3.63, 3.8) is 0 Å². The second-order valence-electron chi connectivity index (χ2n) is 5.17. The van der Waals surface area contributed by atoms with E-state index in [1.165, 1.54) is 15.3 Å². The summed E-state index contributed by atoms with van der Waals surface area (Å²) in [5.74, 6) is 1.71. The molecule has 21 heavy (non-hydrogen) atoms. The van der Waals surface area contributed by atoms with Gasteiger partial charge in [-0.2, -0.15) is 0 Å². The van der Waals surface area contributed by atoms with Crippen LogP contribution in [0.15, 0.2) is 30.3 Å². The van der Waals surface area contributed by atoms with Crippen LogP contribution in [0, 0.1) is 0 Å². The molecule has 2 aromatic rings. The fraction of sp³-hybridized carbons (Fsp3) is 0.412. The molecule has 1 aliphatic heterocycles. The van der Waals surface area contributed by atoms with E-state index >= 15 is 0 Å². The summed E-state index contributed by atoms with van der Waals surface area (Å²) < 4.78 is 11.3. The van der Waals surface area contributed by atoms with E-state index < -0.39 is 0 Å². The second-order valence-corrected chi connectivity index (χ2v) is 6.42. The predicted molar refractivity (Wildman–Crippen MR) is 86.6 cm³/mol. The van der Waals surface area contributed by atoms with Crippen molar-refractivity contribution in [3.8, 4) is 11.5 Å². The van der Waals surface area contributed by atoms with Crippen LogP contribution in [0.2, 0.25) is 0 Å². The van der Waals surface area contributed by atoms with E-state index in [1.54, 1.807) is 0 Å². The Kier molecular flexibility index (Phi) is 4.46. The van der Waals surface area contributed by atoms with E-state index in [1.807, 2.05) is 24.5 Å². The summed E-state index contributed by atoms with van der Waals surface area (Å²) in [5.41, 5.74) is 1.24. The average Bonchev–Trinajstić information content (AvgIpc) is 3.00. The fourth-order valence-corrected chi connectivity index (χ4v) is 3.59. The van der Waals surface area contributed by atoms with E-state index in [0.717, 1.165) is 24.3 Å². The molecule has 112 valence electrons. The van der Waals surface area contributed by atoms with Crippen molar-refractivity contribution in [1.82, 2.24) is 5.32 Å². The zero-order chi connectivity index (χ0) is 14.7. The SMILES string of the molecule is CCc1ccc(CC(NC)c2ccc3c(c2)OCCO3)s1. The van der Waals surface area contributed by atoms with Crippen molar-refractivity contribution < 1.29 is 9.47 Å². The first-order valence-corrected chi connectivity index (χ1v) is 8.26. The highest BCUT2D eigenvalue weighted by Crippen LogP contribution is 2.34. The maximum Gasteiger partial charge on any atom is 0.161 e. The van der Waals surface area contributed by atoms with E-state index in [-0.39, 0.29) is 0 Å². The van der Waals surface area contributed by atoms with Crippen molar-refractivity contribution in [1.29, 1.82) is 0 Å². The van der Waals surface area contributed by atoms with E-state index in [4.69, 9.17) is 9.47 Å². The number of aryl methyl sites for hydroxylation is 1. The Labute approximate surface area is 129 Å². The number of hydrogen-bond acceptors (Lipinski definition) is 4. The van der Waals surface area contributed by atoms with Crippen molar-refractivity contribution in [2.75, 3.05) is 20.3 Å². The molecule has 1 aromatic carbocycles. The lowest BCUT2D eigenvalue weighted by atomic mass is 10.0. The number of fused-ring (bicyclic) bond motifs is 1. The molecule has 3 nitrogen and oxygen atoms in total. The molecule has 1 aromatic heterocycles. The largest absolute Gasteiger partial charge is 0.486 e. The minimum atomic E-state index is 0.296. The summed E-state index contributed by atoms with van der Waals surface area (Å²) in [4.78, 5) is 2.86. The summed E-state index contributed by atoms with van der Waals surface area (Å²) in [6.07, 6.45) is 2.11. The highest BCUT2D eigenvalue weighted by Gasteiger charge is 2.17. The van der Waals surface area contributed by atoms with Gasteiger partial charge in [0.15, 0.2) is 11.5 Å². The van der Waals surface area contributed by atoms with Crippen LogP contribution in [-0.4, -0.2) is 20.3 Å². The molecule has 0 spiro atoms. The number of ether oxygens (including phenoxy) is 2. The first-order chi connectivity index (χ1) is 10.3. The molecule has 1 unspecified atom stereocenters. The molecule has 3 rings (SSSR count). The number of thiophene rings is 1. The highest BCUT2D eigenvalue weighted by molar-refractivity contribution is 7.11. The molecule has 0 fully saturated rings. The molecule has 0 radical (unpaired) electrons. The van der Waals surface area contributed by atoms with Gasteiger partial charge in [0.25, 0.3) is 0 Å². The minimum absolute atomic E-state index is 0.296. The Bertz CT molecular complexity index is 609. The summed E-state index contributed by atoms with van der Waals surface area (Å²) in [5, 5.41) is 3.41. The van der Waals surface area contributed by atoms with Crippen LogP contribution in [0.4, 0.5) is 0 Å².